The number of carbonyl (C=O) groups excluding carboxylic acids is 1. The van der Waals surface area contributed by atoms with Gasteiger partial charge in [-0.25, -0.2) is 4.98 Å². The van der Waals surface area contributed by atoms with E-state index in [1.165, 1.54) is 0 Å². The summed E-state index contributed by atoms with van der Waals surface area (Å²) in [6, 6.07) is 1.48. The molecule has 2 rings (SSSR count). The third kappa shape index (κ3) is 2.05. The molecule has 1 aromatic rings. The van der Waals surface area contributed by atoms with Crippen LogP contribution in [-0.2, 0) is 4.74 Å². The number of nitrogens with two attached hydrogens (primary N) is 1. The van der Waals surface area contributed by atoms with Gasteiger partial charge in [0.25, 0.3) is 0 Å². The fraction of sp³-hybridized carbons (Fsp3) is 0.455. The van der Waals surface area contributed by atoms with E-state index in [0.29, 0.717) is 25.3 Å². The number of hydrogen-bond acceptors (Lipinski definition) is 5. The molecule has 86 valence electrons. The van der Waals surface area contributed by atoms with Crippen molar-refractivity contribution in [2.45, 2.75) is 13.0 Å². The van der Waals surface area contributed by atoms with Gasteiger partial charge in [-0.3, -0.25) is 4.79 Å². The van der Waals surface area contributed by atoms with E-state index in [2.05, 4.69) is 10.3 Å². The summed E-state index contributed by atoms with van der Waals surface area (Å²) in [7, 11) is 0. The zero-order chi connectivity index (χ0) is 11.5. The van der Waals surface area contributed by atoms with E-state index >= 15 is 0 Å². The van der Waals surface area contributed by atoms with Crippen LogP contribution in [-0.4, -0.2) is 36.6 Å². The van der Waals surface area contributed by atoms with Crippen molar-refractivity contribution in [3.05, 3.63) is 23.4 Å². The maximum Gasteiger partial charge on any atom is 0.186 e. The van der Waals surface area contributed by atoms with Gasteiger partial charge in [-0.15, -0.1) is 0 Å². The predicted octanol–water partition coefficient (Wildman–Crippen LogP) is 0.143. The Balaban J connectivity index is 2.26. The summed E-state index contributed by atoms with van der Waals surface area (Å²) in [5.74, 6) is 0.250. The van der Waals surface area contributed by atoms with E-state index in [-0.39, 0.29) is 17.6 Å². The molecule has 16 heavy (non-hydrogen) atoms. The van der Waals surface area contributed by atoms with Gasteiger partial charge in [0.15, 0.2) is 5.78 Å². The van der Waals surface area contributed by atoms with Crippen LogP contribution in [0.25, 0.3) is 0 Å². The fourth-order valence-corrected chi connectivity index (χ4v) is 1.81. The third-order valence-electron chi connectivity index (χ3n) is 2.67. The van der Waals surface area contributed by atoms with Crippen LogP contribution in [0, 0.1) is 6.92 Å². The molecule has 5 nitrogen and oxygen atoms in total. The van der Waals surface area contributed by atoms with Crippen LogP contribution in [0.1, 0.15) is 15.9 Å². The number of morpholine rings is 1. The molecule has 0 radical (unpaired) electrons. The lowest BCUT2D eigenvalue weighted by molar-refractivity contribution is 0.0607. The number of nitrogens with zero attached hydrogens (tertiary/aromatic N) is 1. The molecule has 1 unspecified atom stereocenters. The minimum absolute atomic E-state index is 0.0391. The zero-order valence-electron chi connectivity index (χ0n) is 9.19. The number of pyridine rings is 1. The highest BCUT2D eigenvalue weighted by atomic mass is 16.5. The number of nitrogen functional groups attached to an aromatic ring is 1. The number of rotatable bonds is 2. The summed E-state index contributed by atoms with van der Waals surface area (Å²) in [5, 5.41) is 3.11. The Bertz CT molecular complexity index is 380. The van der Waals surface area contributed by atoms with Gasteiger partial charge in [0.2, 0.25) is 0 Å². The van der Waals surface area contributed by atoms with Crippen molar-refractivity contribution in [1.29, 1.82) is 0 Å². The molecule has 5 heteroatoms. The van der Waals surface area contributed by atoms with Crippen LogP contribution in [0.2, 0.25) is 0 Å². The Morgan fingerprint density at radius 3 is 3.12 bits per heavy atom. The second kappa shape index (κ2) is 4.59. The molecule has 1 aliphatic heterocycles. The van der Waals surface area contributed by atoms with Gasteiger partial charge < -0.3 is 15.8 Å². The molecular formula is C11H15N3O2. The van der Waals surface area contributed by atoms with Crippen molar-refractivity contribution < 1.29 is 9.53 Å². The normalized spacial score (nSPS) is 20.7. The summed E-state index contributed by atoms with van der Waals surface area (Å²) >= 11 is 0. The second-order valence-electron chi connectivity index (χ2n) is 3.83. The van der Waals surface area contributed by atoms with E-state index in [9.17, 15) is 4.79 Å². The first-order valence-corrected chi connectivity index (χ1v) is 5.26. The summed E-state index contributed by atoms with van der Waals surface area (Å²) < 4.78 is 5.26. The monoisotopic (exact) mass is 221 g/mol. The van der Waals surface area contributed by atoms with Gasteiger partial charge >= 0.3 is 0 Å². The molecule has 1 aromatic heterocycles. The summed E-state index contributed by atoms with van der Waals surface area (Å²) in [4.78, 5) is 16.1. The summed E-state index contributed by atoms with van der Waals surface area (Å²) in [6.07, 6.45) is 1.60. The van der Waals surface area contributed by atoms with Crippen molar-refractivity contribution in [3.8, 4) is 0 Å². The van der Waals surface area contributed by atoms with Gasteiger partial charge in [0.1, 0.15) is 5.82 Å². The Morgan fingerprint density at radius 2 is 2.50 bits per heavy atom. The molecular weight excluding hydrogens is 206 g/mol. The topological polar surface area (TPSA) is 77.2 Å². The minimum Gasteiger partial charge on any atom is -0.383 e. The lowest BCUT2D eigenvalue weighted by Crippen LogP contribution is -2.46. The minimum atomic E-state index is -0.307. The molecule has 3 N–H and O–H groups in total. The average molecular weight is 221 g/mol. The first kappa shape index (κ1) is 11.0. The van der Waals surface area contributed by atoms with Gasteiger partial charge in [0, 0.05) is 12.7 Å². The van der Waals surface area contributed by atoms with Crippen molar-refractivity contribution in [3.63, 3.8) is 0 Å². The average Bonchev–Trinajstić information content (AvgIpc) is 2.30. The molecule has 1 atom stereocenters. The molecule has 1 fully saturated rings. The molecule has 2 heterocycles. The van der Waals surface area contributed by atoms with Crippen LogP contribution in [0.4, 0.5) is 5.82 Å². The number of nitrogens with one attached hydrogen (secondary N) is 1. The zero-order valence-corrected chi connectivity index (χ0v) is 9.19. The number of aryl methyl sites for hydroxylation is 1. The summed E-state index contributed by atoms with van der Waals surface area (Å²) in [5.41, 5.74) is 7.09. The quantitative estimate of drug-likeness (QED) is 0.695. The lowest BCUT2D eigenvalue weighted by atomic mass is 10.0. The highest BCUT2D eigenvalue weighted by molar-refractivity contribution is 6.04. The van der Waals surface area contributed by atoms with E-state index in [0.717, 1.165) is 5.56 Å². The number of hydrogen-bond donors (Lipinski definition) is 2. The molecule has 1 aliphatic rings. The maximum atomic E-state index is 12.2. The molecule has 1 saturated heterocycles. The third-order valence-corrected chi connectivity index (χ3v) is 2.67. The molecule has 0 amide bonds. The van der Waals surface area contributed by atoms with Crippen LogP contribution in [0.3, 0.4) is 0 Å². The highest BCUT2D eigenvalue weighted by Gasteiger charge is 2.25. The Hall–Kier alpha value is -1.46. The molecule has 0 spiro atoms. The predicted molar refractivity (Wildman–Crippen MR) is 60.3 cm³/mol. The van der Waals surface area contributed by atoms with E-state index in [4.69, 9.17) is 10.5 Å². The number of anilines is 1. The van der Waals surface area contributed by atoms with Crippen LogP contribution in [0.5, 0.6) is 0 Å². The number of ether oxygens (including phenoxy) is 1. The molecule has 0 saturated carbocycles. The van der Waals surface area contributed by atoms with Crippen LogP contribution in [0.15, 0.2) is 12.3 Å². The summed E-state index contributed by atoms with van der Waals surface area (Å²) in [6.45, 7) is 3.59. The van der Waals surface area contributed by atoms with Gasteiger partial charge in [0.05, 0.1) is 24.8 Å². The van der Waals surface area contributed by atoms with Crippen molar-refractivity contribution in [2.24, 2.45) is 0 Å². The molecule has 0 aromatic carbocycles. The molecule has 0 aliphatic carbocycles. The van der Waals surface area contributed by atoms with Crippen molar-refractivity contribution in [1.82, 2.24) is 10.3 Å². The fourth-order valence-electron chi connectivity index (χ4n) is 1.81. The van der Waals surface area contributed by atoms with Crippen LogP contribution >= 0.6 is 0 Å². The Labute approximate surface area is 94.0 Å². The number of carbonyl (C=O) groups is 1. The number of ketones is 1. The van der Waals surface area contributed by atoms with Crippen molar-refractivity contribution >= 4 is 11.6 Å². The van der Waals surface area contributed by atoms with Gasteiger partial charge in [-0.2, -0.15) is 0 Å². The Morgan fingerprint density at radius 1 is 1.69 bits per heavy atom. The lowest BCUT2D eigenvalue weighted by Gasteiger charge is -2.23. The molecule has 0 bridgehead atoms. The van der Waals surface area contributed by atoms with E-state index in [1.807, 2.05) is 6.92 Å². The maximum absolute atomic E-state index is 12.2. The number of Topliss-reactive ketones (excluding diaryl/α,β-unsaturated/α-hetero) is 1. The standard InChI is InChI=1S/C11H15N3O2/c1-7-2-3-14-11(12)9(7)10(15)8-6-16-5-4-13-8/h2-3,8,13H,4-6H2,1H3,(H2,12,14). The van der Waals surface area contributed by atoms with Gasteiger partial charge in [-0.1, -0.05) is 0 Å². The first-order chi connectivity index (χ1) is 7.70. The van der Waals surface area contributed by atoms with Gasteiger partial charge in [-0.05, 0) is 18.6 Å². The highest BCUT2D eigenvalue weighted by Crippen LogP contribution is 2.16. The number of aromatic nitrogens is 1. The Kier molecular flexibility index (Phi) is 3.17. The first-order valence-electron chi connectivity index (χ1n) is 5.26. The van der Waals surface area contributed by atoms with Crippen LogP contribution < -0.4 is 11.1 Å². The van der Waals surface area contributed by atoms with Crippen molar-refractivity contribution in [2.75, 3.05) is 25.5 Å². The largest absolute Gasteiger partial charge is 0.383 e. The van der Waals surface area contributed by atoms with E-state index < -0.39 is 0 Å². The smallest absolute Gasteiger partial charge is 0.186 e. The second-order valence-corrected chi connectivity index (χ2v) is 3.83. The van der Waals surface area contributed by atoms with E-state index in [1.54, 1.807) is 12.3 Å². The SMILES string of the molecule is Cc1ccnc(N)c1C(=O)C1COCCN1.